The molecule has 0 aliphatic rings. The number of benzene rings is 1. The van der Waals surface area contributed by atoms with Gasteiger partial charge in [-0.2, -0.15) is 13.2 Å². The number of ether oxygens (including phenoxy) is 1. The summed E-state index contributed by atoms with van der Waals surface area (Å²) in [6, 6.07) is 1.07. The first-order valence-electron chi connectivity index (χ1n) is 5.30. The third kappa shape index (κ3) is 2.98. The number of amides is 1. The number of hydrogen-bond donors (Lipinski definition) is 1. The Hall–Kier alpha value is -2.32. The van der Waals surface area contributed by atoms with E-state index >= 15 is 0 Å². The average molecular weight is 292 g/mol. The predicted octanol–water partition coefficient (Wildman–Crippen LogP) is 2.72. The Balaban J connectivity index is 3.46. The molecule has 0 heterocycles. The highest BCUT2D eigenvalue weighted by Gasteiger charge is 2.40. The third-order valence-corrected chi connectivity index (χ3v) is 2.67. The molecule has 0 bridgehead atoms. The molecule has 0 atom stereocenters. The number of nitro groups is 1. The van der Waals surface area contributed by atoms with Crippen molar-refractivity contribution < 1.29 is 27.6 Å². The zero-order valence-corrected chi connectivity index (χ0v) is 10.8. The van der Waals surface area contributed by atoms with Crippen molar-refractivity contribution in [3.05, 3.63) is 27.3 Å². The quantitative estimate of drug-likeness (QED) is 0.686. The number of nitrogens with one attached hydrogen (secondary N) is 1. The van der Waals surface area contributed by atoms with Gasteiger partial charge in [0.05, 0.1) is 12.0 Å². The van der Waals surface area contributed by atoms with E-state index in [9.17, 15) is 28.1 Å². The van der Waals surface area contributed by atoms with E-state index in [0.717, 1.165) is 13.2 Å². The molecule has 0 aliphatic heterocycles. The van der Waals surface area contributed by atoms with Crippen LogP contribution in [-0.4, -0.2) is 24.1 Å². The molecule has 20 heavy (non-hydrogen) atoms. The van der Waals surface area contributed by atoms with Gasteiger partial charge in [-0.05, 0) is 25.0 Å². The maximum Gasteiger partial charge on any atom is 0.471 e. The van der Waals surface area contributed by atoms with Crippen LogP contribution in [-0.2, 0) is 4.79 Å². The van der Waals surface area contributed by atoms with Crippen molar-refractivity contribution in [3.63, 3.8) is 0 Å². The molecule has 110 valence electrons. The van der Waals surface area contributed by atoms with Gasteiger partial charge >= 0.3 is 12.1 Å². The second-order valence-corrected chi connectivity index (χ2v) is 3.95. The highest BCUT2D eigenvalue weighted by atomic mass is 19.4. The summed E-state index contributed by atoms with van der Waals surface area (Å²) < 4.78 is 41.7. The monoisotopic (exact) mass is 292 g/mol. The van der Waals surface area contributed by atoms with E-state index in [1.165, 1.54) is 12.2 Å². The highest BCUT2D eigenvalue weighted by Crippen LogP contribution is 2.39. The summed E-state index contributed by atoms with van der Waals surface area (Å²) in [7, 11) is 1.15. The normalized spacial score (nSPS) is 11.1. The van der Waals surface area contributed by atoms with Crippen molar-refractivity contribution in [1.29, 1.82) is 0 Å². The molecule has 0 saturated carbocycles. The molecule has 1 N–H and O–H groups in total. The van der Waals surface area contributed by atoms with E-state index in [2.05, 4.69) is 0 Å². The minimum absolute atomic E-state index is 0.172. The number of aryl methyl sites for hydroxylation is 1. The smallest absolute Gasteiger partial charge is 0.471 e. The van der Waals surface area contributed by atoms with Crippen LogP contribution in [0.25, 0.3) is 0 Å². The van der Waals surface area contributed by atoms with Gasteiger partial charge in [0.2, 0.25) is 0 Å². The summed E-state index contributed by atoms with van der Waals surface area (Å²) >= 11 is 0. The van der Waals surface area contributed by atoms with Crippen LogP contribution in [0.2, 0.25) is 0 Å². The Morgan fingerprint density at radius 3 is 2.35 bits per heavy atom. The van der Waals surface area contributed by atoms with Crippen LogP contribution in [0.5, 0.6) is 5.75 Å². The summed E-state index contributed by atoms with van der Waals surface area (Å²) in [4.78, 5) is 21.0. The van der Waals surface area contributed by atoms with E-state index in [4.69, 9.17) is 4.74 Å². The Labute approximate surface area is 111 Å². The van der Waals surface area contributed by atoms with Crippen LogP contribution >= 0.6 is 0 Å². The lowest BCUT2D eigenvalue weighted by Gasteiger charge is -2.15. The van der Waals surface area contributed by atoms with Gasteiger partial charge in [0.1, 0.15) is 0 Å². The lowest BCUT2D eigenvalue weighted by molar-refractivity contribution is -0.384. The zero-order valence-electron chi connectivity index (χ0n) is 10.8. The van der Waals surface area contributed by atoms with E-state index in [0.29, 0.717) is 11.1 Å². The molecule has 0 saturated heterocycles. The number of carbonyl (C=O) groups excluding carboxylic acids is 1. The number of hydrogen-bond acceptors (Lipinski definition) is 4. The molecule has 0 fully saturated rings. The highest BCUT2D eigenvalue weighted by molar-refractivity contribution is 5.99. The summed E-state index contributed by atoms with van der Waals surface area (Å²) in [6.07, 6.45) is -5.16. The van der Waals surface area contributed by atoms with Gasteiger partial charge in [-0.1, -0.05) is 0 Å². The van der Waals surface area contributed by atoms with Gasteiger partial charge in [-0.15, -0.1) is 0 Å². The second kappa shape index (κ2) is 5.35. The van der Waals surface area contributed by atoms with E-state index < -0.39 is 28.4 Å². The maximum absolute atomic E-state index is 12.3. The third-order valence-electron chi connectivity index (χ3n) is 2.67. The largest absolute Gasteiger partial charge is 0.494 e. The number of nitrogens with zero attached hydrogens (tertiary/aromatic N) is 1. The molecular weight excluding hydrogens is 281 g/mol. The summed E-state index contributed by atoms with van der Waals surface area (Å²) in [5.41, 5.74) is -0.417. The van der Waals surface area contributed by atoms with Crippen molar-refractivity contribution in [2.75, 3.05) is 12.4 Å². The molecule has 1 amide bonds. The zero-order chi connectivity index (χ0) is 15.7. The molecule has 0 aliphatic carbocycles. The Kier molecular flexibility index (Phi) is 4.21. The first-order chi connectivity index (χ1) is 9.09. The fourth-order valence-electron chi connectivity index (χ4n) is 1.57. The Bertz CT molecular complexity index is 570. The molecule has 0 spiro atoms. The minimum atomic E-state index is -5.16. The number of alkyl halides is 3. The van der Waals surface area contributed by atoms with Crippen LogP contribution in [0.1, 0.15) is 11.1 Å². The van der Waals surface area contributed by atoms with Gasteiger partial charge in [0.25, 0.3) is 5.69 Å². The molecule has 1 rings (SSSR count). The lowest BCUT2D eigenvalue weighted by Crippen LogP contribution is -2.30. The molecule has 1 aromatic carbocycles. The first kappa shape index (κ1) is 15.7. The van der Waals surface area contributed by atoms with Gasteiger partial charge in [-0.3, -0.25) is 14.9 Å². The van der Waals surface area contributed by atoms with Crippen LogP contribution < -0.4 is 10.1 Å². The number of rotatable bonds is 3. The molecule has 0 aromatic heterocycles. The molecule has 6 nitrogen and oxygen atoms in total. The first-order valence-corrected chi connectivity index (χ1v) is 5.30. The number of nitro benzene ring substituents is 1. The van der Waals surface area contributed by atoms with Crippen molar-refractivity contribution >= 4 is 17.3 Å². The standard InChI is InChI=1S/C11H11F3N2O4/c1-5-4-7(16(18)19)8(9(20-3)6(5)2)15-10(17)11(12,13)14/h4H,1-3H3,(H,15,17). The molecule has 1 aromatic rings. The maximum atomic E-state index is 12.3. The van der Waals surface area contributed by atoms with E-state index in [1.54, 1.807) is 6.92 Å². The second-order valence-electron chi connectivity index (χ2n) is 3.95. The number of anilines is 1. The number of methoxy groups -OCH3 is 1. The van der Waals surface area contributed by atoms with E-state index in [1.807, 2.05) is 0 Å². The fourth-order valence-corrected chi connectivity index (χ4v) is 1.57. The summed E-state index contributed by atoms with van der Waals surface area (Å²) in [5, 5.41) is 12.4. The predicted molar refractivity (Wildman–Crippen MR) is 63.8 cm³/mol. The van der Waals surface area contributed by atoms with Gasteiger partial charge in [0, 0.05) is 6.07 Å². The Morgan fingerprint density at radius 1 is 1.40 bits per heavy atom. The van der Waals surface area contributed by atoms with E-state index in [-0.39, 0.29) is 5.75 Å². The topological polar surface area (TPSA) is 81.5 Å². The number of halogens is 3. The van der Waals surface area contributed by atoms with Crippen LogP contribution in [0.3, 0.4) is 0 Å². The molecule has 0 unspecified atom stereocenters. The van der Waals surface area contributed by atoms with Gasteiger partial charge < -0.3 is 10.1 Å². The SMILES string of the molecule is COc1c(C)c(C)cc([N+](=O)[O-])c1NC(=O)C(F)(F)F. The van der Waals surface area contributed by atoms with Crippen LogP contribution in [0, 0.1) is 24.0 Å². The minimum Gasteiger partial charge on any atom is -0.494 e. The summed E-state index contributed by atoms with van der Waals surface area (Å²) in [5.74, 6) is -2.48. The molecule has 9 heteroatoms. The van der Waals surface area contributed by atoms with Crippen molar-refractivity contribution in [2.24, 2.45) is 0 Å². The molecule has 0 radical (unpaired) electrons. The van der Waals surface area contributed by atoms with Crippen molar-refractivity contribution in [2.45, 2.75) is 20.0 Å². The van der Waals surface area contributed by atoms with Gasteiger partial charge in [0.15, 0.2) is 11.4 Å². The van der Waals surface area contributed by atoms with Crippen LogP contribution in [0.4, 0.5) is 24.5 Å². The number of carbonyl (C=O) groups is 1. The van der Waals surface area contributed by atoms with Gasteiger partial charge in [-0.25, -0.2) is 0 Å². The lowest BCUT2D eigenvalue weighted by atomic mass is 10.1. The molecular formula is C11H11F3N2O4. The summed E-state index contributed by atoms with van der Waals surface area (Å²) in [6.45, 7) is 3.06. The van der Waals surface area contributed by atoms with Crippen LogP contribution in [0.15, 0.2) is 6.07 Å². The van der Waals surface area contributed by atoms with Crippen molar-refractivity contribution in [3.8, 4) is 5.75 Å². The Morgan fingerprint density at radius 2 is 1.95 bits per heavy atom. The average Bonchev–Trinajstić information content (AvgIpc) is 2.32. The van der Waals surface area contributed by atoms with Crippen molar-refractivity contribution in [1.82, 2.24) is 0 Å². The fraction of sp³-hybridized carbons (Fsp3) is 0.364.